The summed E-state index contributed by atoms with van der Waals surface area (Å²) in [6.45, 7) is 7.08. The number of benzene rings is 1. The van der Waals surface area contributed by atoms with Gasteiger partial charge in [0.15, 0.2) is 5.96 Å². The van der Waals surface area contributed by atoms with E-state index < -0.39 is 0 Å². The topological polar surface area (TPSA) is 49.3 Å². The number of methoxy groups -OCH3 is 2. The molecule has 0 aromatic heterocycles. The number of nitrogens with zero attached hydrogens (tertiary/aromatic N) is 3. The van der Waals surface area contributed by atoms with Crippen molar-refractivity contribution in [1.29, 1.82) is 0 Å². The molecule has 7 heteroatoms. The first kappa shape index (κ1) is 23.9. The number of ether oxygens (including phenoxy) is 2. The minimum Gasteiger partial charge on any atom is -0.497 e. The molecule has 0 saturated heterocycles. The molecule has 0 unspecified atom stereocenters. The summed E-state index contributed by atoms with van der Waals surface area (Å²) in [6, 6.07) is 8.13. The Morgan fingerprint density at radius 3 is 2.36 bits per heavy atom. The Hall–Kier alpha value is -1.06. The van der Waals surface area contributed by atoms with Gasteiger partial charge in [-0.05, 0) is 31.7 Å². The van der Waals surface area contributed by atoms with E-state index in [0.29, 0.717) is 0 Å². The lowest BCUT2D eigenvalue weighted by Gasteiger charge is -2.23. The van der Waals surface area contributed by atoms with E-state index in [-0.39, 0.29) is 24.0 Å². The van der Waals surface area contributed by atoms with Gasteiger partial charge >= 0.3 is 0 Å². The molecule has 0 bridgehead atoms. The van der Waals surface area contributed by atoms with E-state index in [1.54, 1.807) is 14.2 Å². The van der Waals surface area contributed by atoms with Gasteiger partial charge in [0.2, 0.25) is 0 Å². The Kier molecular flexibility index (Phi) is 13.5. The van der Waals surface area contributed by atoms with Crippen molar-refractivity contribution in [3.05, 3.63) is 29.8 Å². The van der Waals surface area contributed by atoms with Crippen LogP contribution in [-0.2, 0) is 11.3 Å². The Morgan fingerprint density at radius 1 is 1.12 bits per heavy atom. The molecule has 144 valence electrons. The first-order chi connectivity index (χ1) is 11.6. The van der Waals surface area contributed by atoms with Crippen molar-refractivity contribution in [2.45, 2.75) is 13.5 Å². The SMILES string of the molecule is CCNC(=NCCN(C)CCOC)N(C)Cc1ccc(OC)cc1.I. The molecule has 1 rings (SSSR count). The average Bonchev–Trinajstić information content (AvgIpc) is 2.59. The van der Waals surface area contributed by atoms with Crippen molar-refractivity contribution >= 4 is 29.9 Å². The van der Waals surface area contributed by atoms with Crippen LogP contribution < -0.4 is 10.1 Å². The van der Waals surface area contributed by atoms with Crippen LogP contribution in [0.1, 0.15) is 12.5 Å². The summed E-state index contributed by atoms with van der Waals surface area (Å²) in [5, 5.41) is 3.35. The molecule has 1 aromatic rings. The van der Waals surface area contributed by atoms with Gasteiger partial charge in [-0.3, -0.25) is 4.99 Å². The van der Waals surface area contributed by atoms with Crippen LogP contribution in [0.3, 0.4) is 0 Å². The summed E-state index contributed by atoms with van der Waals surface area (Å²) in [6.07, 6.45) is 0. The van der Waals surface area contributed by atoms with E-state index in [9.17, 15) is 0 Å². The molecule has 1 N–H and O–H groups in total. The summed E-state index contributed by atoms with van der Waals surface area (Å²) in [5.41, 5.74) is 1.22. The van der Waals surface area contributed by atoms with Gasteiger partial charge in [0.1, 0.15) is 5.75 Å². The fourth-order valence-corrected chi connectivity index (χ4v) is 2.23. The number of guanidine groups is 1. The molecule has 0 heterocycles. The molecular formula is C18H33IN4O2. The standard InChI is InChI=1S/C18H32N4O2.HI/c1-6-19-18(20-11-12-21(2)13-14-23-4)22(3)15-16-7-9-17(24-5)10-8-16;/h7-10H,6,11-15H2,1-5H3,(H,19,20);1H. The number of halogens is 1. The van der Waals surface area contributed by atoms with Crippen LogP contribution in [-0.4, -0.2) is 76.9 Å². The van der Waals surface area contributed by atoms with Crippen LogP contribution in [0.25, 0.3) is 0 Å². The van der Waals surface area contributed by atoms with Crippen molar-refractivity contribution in [1.82, 2.24) is 15.1 Å². The zero-order chi connectivity index (χ0) is 17.8. The Bertz CT molecular complexity index is 482. The molecule has 25 heavy (non-hydrogen) atoms. The van der Waals surface area contributed by atoms with Crippen molar-refractivity contribution in [3.63, 3.8) is 0 Å². The lowest BCUT2D eigenvalue weighted by Crippen LogP contribution is -2.39. The van der Waals surface area contributed by atoms with Crippen LogP contribution in [0, 0.1) is 0 Å². The third-order valence-corrected chi connectivity index (χ3v) is 3.70. The van der Waals surface area contributed by atoms with Gasteiger partial charge in [0.25, 0.3) is 0 Å². The van der Waals surface area contributed by atoms with Gasteiger partial charge < -0.3 is 24.6 Å². The second-order valence-electron chi connectivity index (χ2n) is 5.74. The maximum atomic E-state index is 5.20. The highest BCUT2D eigenvalue weighted by molar-refractivity contribution is 14.0. The third-order valence-electron chi connectivity index (χ3n) is 3.70. The Morgan fingerprint density at radius 2 is 1.80 bits per heavy atom. The van der Waals surface area contributed by atoms with Gasteiger partial charge in [-0.2, -0.15) is 0 Å². The average molecular weight is 464 g/mol. The van der Waals surface area contributed by atoms with Crippen LogP contribution in [0.15, 0.2) is 29.3 Å². The van der Waals surface area contributed by atoms with E-state index >= 15 is 0 Å². The van der Waals surface area contributed by atoms with E-state index in [4.69, 9.17) is 14.5 Å². The number of rotatable bonds is 10. The first-order valence-electron chi connectivity index (χ1n) is 8.40. The molecule has 6 nitrogen and oxygen atoms in total. The van der Waals surface area contributed by atoms with E-state index in [0.717, 1.165) is 51.0 Å². The molecule has 0 atom stereocenters. The van der Waals surface area contributed by atoms with Crippen LogP contribution in [0.2, 0.25) is 0 Å². The minimum absolute atomic E-state index is 0. The van der Waals surface area contributed by atoms with Gasteiger partial charge in [0, 0.05) is 40.3 Å². The predicted molar refractivity (Wildman–Crippen MR) is 115 cm³/mol. The maximum absolute atomic E-state index is 5.20. The van der Waals surface area contributed by atoms with Crippen LogP contribution in [0.4, 0.5) is 0 Å². The number of aliphatic imine (C=N–C) groups is 1. The third kappa shape index (κ3) is 9.86. The highest BCUT2D eigenvalue weighted by Crippen LogP contribution is 2.12. The molecular weight excluding hydrogens is 431 g/mol. The van der Waals surface area contributed by atoms with Crippen LogP contribution >= 0.6 is 24.0 Å². The highest BCUT2D eigenvalue weighted by atomic mass is 127. The largest absolute Gasteiger partial charge is 0.497 e. The number of nitrogens with one attached hydrogen (secondary N) is 1. The summed E-state index contributed by atoms with van der Waals surface area (Å²) < 4.78 is 10.3. The molecule has 0 spiro atoms. The molecule has 0 aliphatic rings. The molecule has 0 amide bonds. The Balaban J connectivity index is 0.00000576. The van der Waals surface area contributed by atoms with Gasteiger partial charge in [0.05, 0.1) is 20.3 Å². The zero-order valence-electron chi connectivity index (χ0n) is 16.1. The summed E-state index contributed by atoms with van der Waals surface area (Å²) in [4.78, 5) is 9.08. The lowest BCUT2D eigenvalue weighted by molar-refractivity contribution is 0.163. The number of hydrogen-bond donors (Lipinski definition) is 1. The second-order valence-corrected chi connectivity index (χ2v) is 5.74. The van der Waals surface area contributed by atoms with E-state index in [1.807, 2.05) is 12.1 Å². The van der Waals surface area contributed by atoms with Crippen molar-refractivity contribution in [2.24, 2.45) is 4.99 Å². The smallest absolute Gasteiger partial charge is 0.194 e. The van der Waals surface area contributed by atoms with Crippen LogP contribution in [0.5, 0.6) is 5.75 Å². The van der Waals surface area contributed by atoms with Gasteiger partial charge in [-0.15, -0.1) is 24.0 Å². The molecule has 1 aromatic carbocycles. The first-order valence-corrected chi connectivity index (χ1v) is 8.40. The monoisotopic (exact) mass is 464 g/mol. The summed E-state index contributed by atoms with van der Waals surface area (Å²) >= 11 is 0. The van der Waals surface area contributed by atoms with E-state index in [2.05, 4.69) is 48.3 Å². The van der Waals surface area contributed by atoms with Crippen molar-refractivity contribution in [3.8, 4) is 5.75 Å². The second kappa shape index (κ2) is 14.1. The fourth-order valence-electron chi connectivity index (χ4n) is 2.23. The number of hydrogen-bond acceptors (Lipinski definition) is 4. The van der Waals surface area contributed by atoms with Gasteiger partial charge in [-0.25, -0.2) is 0 Å². The molecule has 0 saturated carbocycles. The van der Waals surface area contributed by atoms with Crippen molar-refractivity contribution < 1.29 is 9.47 Å². The number of likely N-dealkylation sites (N-methyl/N-ethyl adjacent to an activating group) is 1. The lowest BCUT2D eigenvalue weighted by atomic mass is 10.2. The minimum atomic E-state index is 0. The highest BCUT2D eigenvalue weighted by Gasteiger charge is 2.07. The molecule has 0 radical (unpaired) electrons. The molecule has 0 aliphatic carbocycles. The van der Waals surface area contributed by atoms with E-state index in [1.165, 1.54) is 5.56 Å². The summed E-state index contributed by atoms with van der Waals surface area (Å²) in [7, 11) is 7.55. The maximum Gasteiger partial charge on any atom is 0.194 e. The Labute approximate surface area is 169 Å². The zero-order valence-corrected chi connectivity index (χ0v) is 18.4. The molecule has 0 aliphatic heterocycles. The quantitative estimate of drug-likeness (QED) is 0.327. The predicted octanol–water partition coefficient (Wildman–Crippen LogP) is 2.29. The molecule has 0 fully saturated rings. The van der Waals surface area contributed by atoms with Gasteiger partial charge in [-0.1, -0.05) is 12.1 Å². The van der Waals surface area contributed by atoms with Crippen molar-refractivity contribution in [2.75, 3.05) is 61.1 Å². The summed E-state index contributed by atoms with van der Waals surface area (Å²) in [5.74, 6) is 1.80. The fraction of sp³-hybridized carbons (Fsp3) is 0.611. The normalized spacial score (nSPS) is 11.2.